The van der Waals surface area contributed by atoms with Crippen LogP contribution in [0.15, 0.2) is 48.5 Å². The first kappa shape index (κ1) is 43.8. The van der Waals surface area contributed by atoms with E-state index < -0.39 is 11.7 Å². The van der Waals surface area contributed by atoms with E-state index in [-0.39, 0.29) is 59.8 Å². The second-order valence-electron chi connectivity index (χ2n) is 14.8. The molecule has 55 heavy (non-hydrogen) atoms. The van der Waals surface area contributed by atoms with E-state index in [0.717, 1.165) is 41.6 Å². The quantitative estimate of drug-likeness (QED) is 0.0677. The second-order valence-corrected chi connectivity index (χ2v) is 15.9. The molecule has 3 aromatic rings. The van der Waals surface area contributed by atoms with Crippen LogP contribution in [0.1, 0.15) is 78.2 Å². The number of hydrogen-bond donors (Lipinski definition) is 3. The van der Waals surface area contributed by atoms with Crippen molar-refractivity contribution < 1.29 is 33.4 Å². The van der Waals surface area contributed by atoms with E-state index in [4.69, 9.17) is 14.2 Å². The molecular formula is C40H56IN7O7. The van der Waals surface area contributed by atoms with Crippen molar-refractivity contribution >= 4 is 50.0 Å². The van der Waals surface area contributed by atoms with Crippen LogP contribution < -0.4 is 20.9 Å². The Labute approximate surface area is 337 Å². The minimum Gasteiger partial charge on any atom is -0.448 e. The summed E-state index contributed by atoms with van der Waals surface area (Å²) in [7, 11) is 3.45. The Balaban J connectivity index is 1.36. The van der Waals surface area contributed by atoms with E-state index in [1.807, 2.05) is 76.2 Å². The summed E-state index contributed by atoms with van der Waals surface area (Å²) in [6.45, 7) is 9.79. The molecule has 1 aliphatic heterocycles. The van der Waals surface area contributed by atoms with Gasteiger partial charge in [0.25, 0.3) is 0 Å². The number of para-hydroxylation sites is 1. The minimum absolute atomic E-state index is 0.0698. The first-order chi connectivity index (χ1) is 26.2. The summed E-state index contributed by atoms with van der Waals surface area (Å²) in [4.78, 5) is 52.4. The fourth-order valence-electron chi connectivity index (χ4n) is 6.20. The number of nitrogens with zero attached hydrogens (tertiary/aromatic N) is 4. The molecule has 1 unspecified atom stereocenters. The average Bonchev–Trinajstić information content (AvgIpc) is 3.56. The third kappa shape index (κ3) is 13.1. The van der Waals surface area contributed by atoms with Crippen LogP contribution in [0, 0.1) is 0 Å². The van der Waals surface area contributed by atoms with Crippen molar-refractivity contribution in [3.63, 3.8) is 0 Å². The molecule has 2 heterocycles. The van der Waals surface area contributed by atoms with Crippen LogP contribution in [-0.2, 0) is 41.7 Å². The summed E-state index contributed by atoms with van der Waals surface area (Å²) >= 11 is 1.80. The van der Waals surface area contributed by atoms with Crippen LogP contribution >= 0.6 is 22.6 Å². The van der Waals surface area contributed by atoms with Crippen molar-refractivity contribution in [2.75, 3.05) is 45.4 Å². The smallest absolute Gasteiger partial charge is 0.407 e. The van der Waals surface area contributed by atoms with E-state index in [1.165, 1.54) is 0 Å². The highest BCUT2D eigenvalue weighted by Crippen LogP contribution is 2.41. The summed E-state index contributed by atoms with van der Waals surface area (Å²) < 4.78 is 18.8. The number of methoxy groups -OCH3 is 1. The van der Waals surface area contributed by atoms with E-state index >= 15 is 0 Å². The molecule has 0 saturated heterocycles. The Bertz CT molecular complexity index is 1760. The number of likely N-dealkylation sites (N-methyl/N-ethyl adjacent to an activating group) is 1. The molecule has 15 heteroatoms. The van der Waals surface area contributed by atoms with Gasteiger partial charge in [-0.1, -0.05) is 47.7 Å². The molecular weight excluding hydrogens is 817 g/mol. The predicted octanol–water partition coefficient (Wildman–Crippen LogP) is 5.80. The van der Waals surface area contributed by atoms with Crippen LogP contribution in [-0.4, -0.2) is 94.4 Å². The number of carbonyl (C=O) groups excluding carboxylic acids is 4. The number of fused-ring (bicyclic) bond motifs is 5. The Morgan fingerprint density at radius 1 is 0.891 bits per heavy atom. The van der Waals surface area contributed by atoms with Gasteiger partial charge in [-0.3, -0.25) is 14.4 Å². The number of aromatic nitrogens is 3. The van der Waals surface area contributed by atoms with E-state index in [0.29, 0.717) is 43.9 Å². The third-order valence-electron chi connectivity index (χ3n) is 9.80. The van der Waals surface area contributed by atoms with Crippen LogP contribution in [0.3, 0.4) is 0 Å². The fraction of sp³-hybridized carbons (Fsp3) is 0.550. The number of halogens is 1. The summed E-state index contributed by atoms with van der Waals surface area (Å²) in [6.07, 6.45) is 3.37. The van der Waals surface area contributed by atoms with Crippen molar-refractivity contribution in [1.29, 1.82) is 0 Å². The Morgan fingerprint density at radius 2 is 1.62 bits per heavy atom. The first-order valence-electron chi connectivity index (χ1n) is 18.9. The lowest BCUT2D eigenvalue weighted by atomic mass is 9.95. The van der Waals surface area contributed by atoms with Gasteiger partial charge in [0, 0.05) is 66.8 Å². The number of anilines is 1. The summed E-state index contributed by atoms with van der Waals surface area (Å²) in [6, 6.07) is 15.2. The summed E-state index contributed by atoms with van der Waals surface area (Å²) in [5, 5.41) is 17.7. The van der Waals surface area contributed by atoms with Gasteiger partial charge in [-0.2, -0.15) is 0 Å². The van der Waals surface area contributed by atoms with Gasteiger partial charge in [-0.05, 0) is 78.5 Å². The molecule has 0 bridgehead atoms. The Morgan fingerprint density at radius 3 is 2.35 bits per heavy atom. The van der Waals surface area contributed by atoms with Gasteiger partial charge in [0.05, 0.1) is 48.3 Å². The van der Waals surface area contributed by atoms with Crippen molar-refractivity contribution in [3.8, 4) is 22.5 Å². The van der Waals surface area contributed by atoms with E-state index in [2.05, 4.69) is 26.3 Å². The molecule has 0 fully saturated rings. The number of rotatable bonds is 21. The van der Waals surface area contributed by atoms with Gasteiger partial charge in [0.1, 0.15) is 12.3 Å². The highest BCUT2D eigenvalue weighted by Gasteiger charge is 2.29. The summed E-state index contributed by atoms with van der Waals surface area (Å²) in [5.41, 5.74) is 3.84. The molecule has 0 saturated carbocycles. The molecule has 1 atom stereocenters. The van der Waals surface area contributed by atoms with Gasteiger partial charge in [0.15, 0.2) is 0 Å². The Kier molecular flexibility index (Phi) is 16.6. The van der Waals surface area contributed by atoms with E-state index in [9.17, 15) is 19.2 Å². The number of ether oxygens (including phenoxy) is 3. The van der Waals surface area contributed by atoms with Gasteiger partial charge in [-0.15, -0.1) is 5.10 Å². The molecule has 4 rings (SSSR count). The van der Waals surface area contributed by atoms with Gasteiger partial charge >= 0.3 is 6.09 Å². The maximum atomic E-state index is 13.9. The molecule has 2 aromatic carbocycles. The maximum Gasteiger partial charge on any atom is 0.407 e. The number of carbonyl (C=O) groups is 4. The highest BCUT2D eigenvalue weighted by atomic mass is 127. The predicted molar refractivity (Wildman–Crippen MR) is 220 cm³/mol. The molecule has 3 N–H and O–H groups in total. The number of alkyl carbamates (subject to hydrolysis) is 1. The number of unbranched alkanes of at least 4 members (excludes halogenated alkanes) is 1. The molecule has 14 nitrogen and oxygen atoms in total. The summed E-state index contributed by atoms with van der Waals surface area (Å²) in [5.74, 6) is -0.269. The first-order valence-corrected chi connectivity index (χ1v) is 20.0. The van der Waals surface area contributed by atoms with Crippen molar-refractivity contribution in [2.24, 2.45) is 0 Å². The number of amides is 3. The molecule has 0 radical (unpaired) electrons. The second kappa shape index (κ2) is 20.8. The third-order valence-corrected chi connectivity index (χ3v) is 10.6. The van der Waals surface area contributed by atoms with Crippen molar-refractivity contribution in [2.45, 2.75) is 103 Å². The van der Waals surface area contributed by atoms with Crippen LogP contribution in [0.5, 0.6) is 0 Å². The SMILES string of the molecule is CNC(CCCCNC(=O)OCCn1nnc2c1-c1ccccc1CN(C(=O)CCNC(=O)CCC(C)(C)OCCC(C)(C)OC)c1ccccc1-2)C(=O)I. The van der Waals surface area contributed by atoms with Crippen molar-refractivity contribution in [3.05, 3.63) is 54.1 Å². The molecule has 300 valence electrons. The Hall–Kier alpha value is -3.93. The normalized spacial score (nSPS) is 13.1. The van der Waals surface area contributed by atoms with Gasteiger partial charge in [0.2, 0.25) is 15.6 Å². The zero-order chi connectivity index (χ0) is 40.0. The molecule has 0 aliphatic carbocycles. The van der Waals surface area contributed by atoms with E-state index in [1.54, 1.807) is 46.3 Å². The van der Waals surface area contributed by atoms with Gasteiger partial charge in [-0.25, -0.2) is 9.48 Å². The zero-order valence-electron chi connectivity index (χ0n) is 32.9. The monoisotopic (exact) mass is 873 g/mol. The maximum absolute atomic E-state index is 13.9. The number of benzene rings is 2. The number of nitrogens with one attached hydrogen (secondary N) is 3. The minimum atomic E-state index is -0.523. The van der Waals surface area contributed by atoms with Crippen molar-refractivity contribution in [1.82, 2.24) is 30.9 Å². The number of hydrogen-bond acceptors (Lipinski definition) is 10. The molecule has 1 aliphatic rings. The highest BCUT2D eigenvalue weighted by molar-refractivity contribution is 14.1. The lowest BCUT2D eigenvalue weighted by molar-refractivity contribution is -0.123. The lowest BCUT2D eigenvalue weighted by Crippen LogP contribution is -2.36. The van der Waals surface area contributed by atoms with Crippen LogP contribution in [0.2, 0.25) is 0 Å². The molecule has 0 spiro atoms. The molecule has 1 aromatic heterocycles. The fourth-order valence-corrected chi connectivity index (χ4v) is 6.82. The standard InChI is InChI=1S/C40H56IN7O7/c1-39(2,53-6)21-25-55-40(3,4)20-18-33(49)43-23-19-34(50)47-27-28-13-7-8-14-29(28)36-35(30-15-9-10-17-32(30)47)45-46-48(36)24-26-54-38(52)44-22-12-11-16-31(42-5)37(41)51/h7-10,13-15,17,31,42H,11-12,16,18-27H2,1-6H3,(H,43,49)(H,44,52). The lowest BCUT2D eigenvalue weighted by Gasteiger charge is -2.29. The topological polar surface area (TPSA) is 166 Å². The average molecular weight is 874 g/mol. The zero-order valence-corrected chi connectivity index (χ0v) is 35.1. The van der Waals surface area contributed by atoms with Crippen LogP contribution in [0.25, 0.3) is 22.5 Å². The van der Waals surface area contributed by atoms with Crippen LogP contribution in [0.4, 0.5) is 10.5 Å². The van der Waals surface area contributed by atoms with Gasteiger partial charge < -0.3 is 35.1 Å². The largest absolute Gasteiger partial charge is 0.448 e. The molecule has 3 amide bonds.